The molecule has 0 aliphatic rings. The lowest BCUT2D eigenvalue weighted by atomic mass is 10.1. The third kappa shape index (κ3) is 2.81. The van der Waals surface area contributed by atoms with Crippen molar-refractivity contribution >= 4 is 17.0 Å². The first-order chi connectivity index (χ1) is 9.13. The molecule has 0 unspecified atom stereocenters. The normalized spacial score (nSPS) is 10.6. The number of aryl methyl sites for hydroxylation is 1. The van der Waals surface area contributed by atoms with Gasteiger partial charge < -0.3 is 9.84 Å². The fourth-order valence-corrected chi connectivity index (χ4v) is 1.79. The van der Waals surface area contributed by atoms with E-state index < -0.39 is 5.97 Å². The van der Waals surface area contributed by atoms with E-state index in [2.05, 4.69) is 16.9 Å². The van der Waals surface area contributed by atoms with Crippen molar-refractivity contribution in [3.05, 3.63) is 29.5 Å². The molecule has 2 aromatic rings. The Hall–Kier alpha value is -2.17. The van der Waals surface area contributed by atoms with Crippen LogP contribution in [-0.4, -0.2) is 27.7 Å². The van der Waals surface area contributed by atoms with Gasteiger partial charge in [-0.25, -0.2) is 9.78 Å². The first-order valence-corrected chi connectivity index (χ1v) is 6.26. The first-order valence-electron chi connectivity index (χ1n) is 6.26. The Kier molecular flexibility index (Phi) is 3.94. The second-order valence-corrected chi connectivity index (χ2v) is 4.32. The van der Waals surface area contributed by atoms with Gasteiger partial charge in [-0.15, -0.1) is 0 Å². The van der Waals surface area contributed by atoms with Crippen molar-refractivity contribution in [3.8, 4) is 5.88 Å². The molecular weight excluding hydrogens is 244 g/mol. The van der Waals surface area contributed by atoms with E-state index in [0.29, 0.717) is 29.1 Å². The van der Waals surface area contributed by atoms with Crippen molar-refractivity contribution in [3.63, 3.8) is 0 Å². The van der Waals surface area contributed by atoms with Gasteiger partial charge in [0.15, 0.2) is 0 Å². The van der Waals surface area contributed by atoms with Gasteiger partial charge in [-0.2, -0.15) is 0 Å². The summed E-state index contributed by atoms with van der Waals surface area (Å²) in [5, 5.41) is 9.07. The highest BCUT2D eigenvalue weighted by molar-refractivity contribution is 5.94. The Morgan fingerprint density at radius 2 is 2.21 bits per heavy atom. The fourth-order valence-electron chi connectivity index (χ4n) is 1.79. The van der Waals surface area contributed by atoms with Crippen molar-refractivity contribution < 1.29 is 14.6 Å². The van der Waals surface area contributed by atoms with E-state index in [1.807, 2.05) is 0 Å². The molecule has 5 heteroatoms. The van der Waals surface area contributed by atoms with Gasteiger partial charge in [-0.1, -0.05) is 13.3 Å². The number of carbonyl (C=O) groups is 1. The van der Waals surface area contributed by atoms with E-state index >= 15 is 0 Å². The molecule has 0 radical (unpaired) electrons. The van der Waals surface area contributed by atoms with E-state index in [9.17, 15) is 4.79 Å². The number of aromatic carboxylic acids is 1. The van der Waals surface area contributed by atoms with Crippen molar-refractivity contribution in [1.82, 2.24) is 9.97 Å². The van der Waals surface area contributed by atoms with Gasteiger partial charge in [0.2, 0.25) is 5.88 Å². The van der Waals surface area contributed by atoms with Crippen molar-refractivity contribution in [2.75, 3.05) is 6.61 Å². The average molecular weight is 260 g/mol. The fraction of sp³-hybridized carbons (Fsp3) is 0.357. The molecule has 0 amide bonds. The maximum Gasteiger partial charge on any atom is 0.337 e. The number of rotatable bonds is 5. The molecule has 5 nitrogen and oxygen atoms in total. The molecule has 0 fully saturated rings. The number of hydrogen-bond donors (Lipinski definition) is 1. The van der Waals surface area contributed by atoms with Crippen LogP contribution in [0.25, 0.3) is 11.0 Å². The lowest BCUT2D eigenvalue weighted by molar-refractivity contribution is 0.0696. The third-order valence-electron chi connectivity index (χ3n) is 2.92. The zero-order valence-corrected chi connectivity index (χ0v) is 11.0. The maximum atomic E-state index is 11.1. The molecule has 0 saturated carbocycles. The molecule has 0 saturated heterocycles. The number of aromatic nitrogens is 2. The molecule has 100 valence electrons. The van der Waals surface area contributed by atoms with Gasteiger partial charge in [0.1, 0.15) is 0 Å². The topological polar surface area (TPSA) is 72.3 Å². The number of unbranched alkanes of at least 4 members (excludes halogenated alkanes) is 1. The number of carboxylic acid groups (broad SMARTS) is 1. The Morgan fingerprint density at radius 1 is 1.42 bits per heavy atom. The quantitative estimate of drug-likeness (QED) is 0.837. The Balaban J connectivity index is 2.39. The molecule has 0 spiro atoms. The summed E-state index contributed by atoms with van der Waals surface area (Å²) in [6.07, 6.45) is 3.38. The van der Waals surface area contributed by atoms with Crippen LogP contribution in [0.1, 0.15) is 35.7 Å². The third-order valence-corrected chi connectivity index (χ3v) is 2.92. The molecule has 19 heavy (non-hydrogen) atoms. The van der Waals surface area contributed by atoms with Gasteiger partial charge in [0.05, 0.1) is 23.2 Å². The summed E-state index contributed by atoms with van der Waals surface area (Å²) in [5.74, 6) is -0.487. The summed E-state index contributed by atoms with van der Waals surface area (Å²) >= 11 is 0. The summed E-state index contributed by atoms with van der Waals surface area (Å²) < 4.78 is 5.52. The summed E-state index contributed by atoms with van der Waals surface area (Å²) in [6, 6.07) is 3.55. The van der Waals surface area contributed by atoms with Crippen LogP contribution >= 0.6 is 0 Å². The van der Waals surface area contributed by atoms with E-state index in [-0.39, 0.29) is 5.56 Å². The van der Waals surface area contributed by atoms with E-state index in [4.69, 9.17) is 9.84 Å². The number of carboxylic acids is 1. The summed E-state index contributed by atoms with van der Waals surface area (Å²) in [6.45, 7) is 4.43. The monoisotopic (exact) mass is 260 g/mol. The second-order valence-electron chi connectivity index (χ2n) is 4.32. The highest BCUT2D eigenvalue weighted by Gasteiger charge is 2.12. The zero-order valence-electron chi connectivity index (χ0n) is 11.0. The molecule has 2 rings (SSSR count). The molecule has 0 aliphatic carbocycles. The largest absolute Gasteiger partial charge is 0.478 e. The van der Waals surface area contributed by atoms with E-state index in [0.717, 1.165) is 12.8 Å². The predicted octanol–water partition coefficient (Wildman–Crippen LogP) is 2.82. The van der Waals surface area contributed by atoms with E-state index in [1.54, 1.807) is 19.1 Å². The van der Waals surface area contributed by atoms with Crippen molar-refractivity contribution in [2.45, 2.75) is 26.7 Å². The molecule has 2 heterocycles. The van der Waals surface area contributed by atoms with Crippen LogP contribution in [-0.2, 0) is 0 Å². The lowest BCUT2D eigenvalue weighted by Crippen LogP contribution is -2.04. The molecule has 1 N–H and O–H groups in total. The number of ether oxygens (including phenoxy) is 1. The Morgan fingerprint density at radius 3 is 2.89 bits per heavy atom. The van der Waals surface area contributed by atoms with Crippen molar-refractivity contribution in [1.29, 1.82) is 0 Å². The summed E-state index contributed by atoms with van der Waals surface area (Å²) in [5.41, 5.74) is 2.03. The number of pyridine rings is 2. The summed E-state index contributed by atoms with van der Waals surface area (Å²) in [4.78, 5) is 19.5. The maximum absolute atomic E-state index is 11.1. The lowest BCUT2D eigenvalue weighted by Gasteiger charge is -2.08. The standard InChI is InChI=1S/C14H16N2O3/c1-3-4-7-19-12-6-5-11-13(16-12)9(2)10(8-15-11)14(17)18/h5-6,8H,3-4,7H2,1-2H3,(H,17,18). The van der Waals surface area contributed by atoms with Gasteiger partial charge in [-0.3, -0.25) is 4.98 Å². The van der Waals surface area contributed by atoms with Gasteiger partial charge in [-0.05, 0) is 25.0 Å². The minimum Gasteiger partial charge on any atom is -0.478 e. The van der Waals surface area contributed by atoms with Crippen LogP contribution in [0.3, 0.4) is 0 Å². The van der Waals surface area contributed by atoms with E-state index in [1.165, 1.54) is 6.20 Å². The molecular formula is C14H16N2O3. The predicted molar refractivity (Wildman–Crippen MR) is 71.6 cm³/mol. The van der Waals surface area contributed by atoms with Gasteiger partial charge in [0, 0.05) is 12.3 Å². The average Bonchev–Trinajstić information content (AvgIpc) is 2.39. The summed E-state index contributed by atoms with van der Waals surface area (Å²) in [7, 11) is 0. The number of hydrogen-bond acceptors (Lipinski definition) is 4. The molecule has 0 aromatic carbocycles. The number of fused-ring (bicyclic) bond motifs is 1. The molecule has 0 atom stereocenters. The highest BCUT2D eigenvalue weighted by atomic mass is 16.5. The second kappa shape index (κ2) is 5.65. The van der Waals surface area contributed by atoms with Crippen LogP contribution in [0.2, 0.25) is 0 Å². The molecule has 0 aliphatic heterocycles. The van der Waals surface area contributed by atoms with Crippen LogP contribution in [0, 0.1) is 6.92 Å². The minimum absolute atomic E-state index is 0.172. The van der Waals surface area contributed by atoms with Crippen molar-refractivity contribution in [2.24, 2.45) is 0 Å². The number of nitrogens with zero attached hydrogens (tertiary/aromatic N) is 2. The minimum atomic E-state index is -0.994. The van der Waals surface area contributed by atoms with Gasteiger partial charge >= 0.3 is 5.97 Å². The highest BCUT2D eigenvalue weighted by Crippen LogP contribution is 2.21. The van der Waals surface area contributed by atoms with Crippen LogP contribution < -0.4 is 4.74 Å². The van der Waals surface area contributed by atoms with Gasteiger partial charge in [0.25, 0.3) is 0 Å². The smallest absolute Gasteiger partial charge is 0.337 e. The Bertz CT molecular complexity index is 611. The molecule has 0 bridgehead atoms. The van der Waals surface area contributed by atoms with Crippen LogP contribution in [0.5, 0.6) is 5.88 Å². The van der Waals surface area contributed by atoms with Crippen LogP contribution in [0.15, 0.2) is 18.3 Å². The Labute approximate surface area is 111 Å². The SMILES string of the molecule is CCCCOc1ccc2ncc(C(=O)O)c(C)c2n1. The zero-order chi connectivity index (χ0) is 13.8. The van der Waals surface area contributed by atoms with Crippen LogP contribution in [0.4, 0.5) is 0 Å². The molecule has 2 aromatic heterocycles. The first kappa shape index (κ1) is 13.3.